The number of carbonyl (C=O) groups excluding carboxylic acids is 1. The molecule has 1 unspecified atom stereocenters. The van der Waals surface area contributed by atoms with E-state index >= 15 is 0 Å². The smallest absolute Gasteiger partial charge is 0.321 e. The summed E-state index contributed by atoms with van der Waals surface area (Å²) in [5, 5.41) is 12.5. The predicted octanol–water partition coefficient (Wildman–Crippen LogP) is 2.79. The summed E-state index contributed by atoms with van der Waals surface area (Å²) < 4.78 is 4.87. The SMILES string of the molecule is COCC(O)CN(C)C(=O)Nc1ccc(N(C)Cc2ccccc2)cc1. The molecule has 2 N–H and O–H groups in total. The number of likely N-dealkylation sites (N-methyl/N-ethyl adjacent to an activating group) is 1. The normalized spacial score (nSPS) is 11.7. The van der Waals surface area contributed by atoms with Gasteiger partial charge in [-0.25, -0.2) is 4.79 Å². The van der Waals surface area contributed by atoms with Crippen LogP contribution in [0.25, 0.3) is 0 Å². The van der Waals surface area contributed by atoms with Gasteiger partial charge in [0.1, 0.15) is 0 Å². The first-order valence-corrected chi connectivity index (χ1v) is 8.54. The van der Waals surface area contributed by atoms with Crippen molar-refractivity contribution in [2.75, 3.05) is 44.6 Å². The Labute approximate surface area is 155 Å². The standard InChI is InChI=1S/C20H27N3O3/c1-22(13-16-7-5-4-6-8-16)18-11-9-17(10-12-18)21-20(25)23(2)14-19(24)15-26-3/h4-12,19,24H,13-15H2,1-3H3,(H,21,25). The Morgan fingerprint density at radius 3 is 2.38 bits per heavy atom. The van der Waals surface area contributed by atoms with Crippen LogP contribution in [0.2, 0.25) is 0 Å². The van der Waals surface area contributed by atoms with E-state index in [1.165, 1.54) is 17.6 Å². The van der Waals surface area contributed by atoms with E-state index in [-0.39, 0.29) is 19.2 Å². The zero-order chi connectivity index (χ0) is 18.9. The molecule has 6 heteroatoms. The Kier molecular flexibility index (Phi) is 7.44. The van der Waals surface area contributed by atoms with Crippen molar-refractivity contribution in [2.45, 2.75) is 12.6 Å². The van der Waals surface area contributed by atoms with Crippen molar-refractivity contribution in [1.29, 1.82) is 0 Å². The number of hydrogen-bond acceptors (Lipinski definition) is 4. The molecule has 140 valence electrons. The number of anilines is 2. The highest BCUT2D eigenvalue weighted by atomic mass is 16.5. The van der Waals surface area contributed by atoms with E-state index in [1.807, 2.05) is 49.5 Å². The number of carbonyl (C=O) groups is 1. The molecule has 1 atom stereocenters. The van der Waals surface area contributed by atoms with Crippen LogP contribution in [0, 0.1) is 0 Å². The summed E-state index contributed by atoms with van der Waals surface area (Å²) in [5.74, 6) is 0. The first kappa shape index (κ1) is 19.8. The van der Waals surface area contributed by atoms with Crippen molar-refractivity contribution in [2.24, 2.45) is 0 Å². The molecule has 0 heterocycles. The number of rotatable bonds is 8. The van der Waals surface area contributed by atoms with E-state index < -0.39 is 6.10 Å². The topological polar surface area (TPSA) is 65.0 Å². The zero-order valence-electron chi connectivity index (χ0n) is 15.6. The van der Waals surface area contributed by atoms with E-state index in [0.29, 0.717) is 5.69 Å². The number of aliphatic hydroxyl groups excluding tert-OH is 1. The van der Waals surface area contributed by atoms with Crippen molar-refractivity contribution >= 4 is 17.4 Å². The fraction of sp³-hybridized carbons (Fsp3) is 0.350. The minimum absolute atomic E-state index is 0.195. The molecule has 0 fully saturated rings. The third-order valence-electron chi connectivity index (χ3n) is 4.01. The fourth-order valence-electron chi connectivity index (χ4n) is 2.61. The predicted molar refractivity (Wildman–Crippen MR) is 105 cm³/mol. The lowest BCUT2D eigenvalue weighted by Crippen LogP contribution is -2.38. The van der Waals surface area contributed by atoms with Gasteiger partial charge in [-0.15, -0.1) is 0 Å². The van der Waals surface area contributed by atoms with Crippen LogP contribution < -0.4 is 10.2 Å². The van der Waals surface area contributed by atoms with Crippen molar-refractivity contribution in [3.8, 4) is 0 Å². The van der Waals surface area contributed by atoms with E-state index in [9.17, 15) is 9.90 Å². The minimum Gasteiger partial charge on any atom is -0.389 e. The van der Waals surface area contributed by atoms with Gasteiger partial charge in [0.25, 0.3) is 0 Å². The lowest BCUT2D eigenvalue weighted by atomic mass is 10.2. The molecule has 26 heavy (non-hydrogen) atoms. The van der Waals surface area contributed by atoms with E-state index in [0.717, 1.165) is 12.2 Å². The largest absolute Gasteiger partial charge is 0.389 e. The lowest BCUT2D eigenvalue weighted by molar-refractivity contribution is 0.0501. The van der Waals surface area contributed by atoms with Crippen LogP contribution >= 0.6 is 0 Å². The Bertz CT molecular complexity index is 676. The third kappa shape index (κ3) is 6.06. The Balaban J connectivity index is 1.89. The summed E-state index contributed by atoms with van der Waals surface area (Å²) in [6.45, 7) is 1.21. The second-order valence-electron chi connectivity index (χ2n) is 6.31. The Morgan fingerprint density at radius 1 is 1.12 bits per heavy atom. The van der Waals surface area contributed by atoms with Gasteiger partial charge in [0.2, 0.25) is 0 Å². The van der Waals surface area contributed by atoms with Gasteiger partial charge >= 0.3 is 6.03 Å². The molecule has 0 aliphatic heterocycles. The first-order valence-electron chi connectivity index (χ1n) is 8.54. The van der Waals surface area contributed by atoms with Crippen LogP contribution in [0.3, 0.4) is 0 Å². The number of benzene rings is 2. The maximum Gasteiger partial charge on any atom is 0.321 e. The highest BCUT2D eigenvalue weighted by Gasteiger charge is 2.13. The molecule has 0 saturated heterocycles. The van der Waals surface area contributed by atoms with E-state index in [1.54, 1.807) is 7.05 Å². The van der Waals surface area contributed by atoms with Gasteiger partial charge in [-0.1, -0.05) is 30.3 Å². The highest BCUT2D eigenvalue weighted by Crippen LogP contribution is 2.19. The second-order valence-corrected chi connectivity index (χ2v) is 6.31. The van der Waals surface area contributed by atoms with Gasteiger partial charge in [0.15, 0.2) is 0 Å². The van der Waals surface area contributed by atoms with Crippen LogP contribution in [-0.2, 0) is 11.3 Å². The second kappa shape index (κ2) is 9.79. The zero-order valence-corrected chi connectivity index (χ0v) is 15.6. The number of urea groups is 1. The summed E-state index contributed by atoms with van der Waals surface area (Å²) in [7, 11) is 5.18. The molecule has 0 spiro atoms. The molecule has 2 amide bonds. The average Bonchev–Trinajstić information content (AvgIpc) is 2.63. The molecule has 6 nitrogen and oxygen atoms in total. The van der Waals surface area contributed by atoms with Crippen LogP contribution in [0.4, 0.5) is 16.2 Å². The first-order chi connectivity index (χ1) is 12.5. The number of nitrogens with zero attached hydrogens (tertiary/aromatic N) is 2. The van der Waals surface area contributed by atoms with E-state index in [4.69, 9.17) is 4.74 Å². The molecule has 0 aliphatic carbocycles. The highest BCUT2D eigenvalue weighted by molar-refractivity contribution is 5.89. The van der Waals surface area contributed by atoms with E-state index in [2.05, 4.69) is 22.3 Å². The maximum absolute atomic E-state index is 12.2. The van der Waals surface area contributed by atoms with Gasteiger partial charge in [0.05, 0.1) is 19.3 Å². The van der Waals surface area contributed by atoms with Crippen LogP contribution in [-0.4, -0.2) is 56.5 Å². The molecule has 0 saturated carbocycles. The number of hydrogen-bond donors (Lipinski definition) is 2. The number of nitrogens with one attached hydrogen (secondary N) is 1. The van der Waals surface area contributed by atoms with Crippen molar-refractivity contribution in [3.05, 3.63) is 60.2 Å². The lowest BCUT2D eigenvalue weighted by Gasteiger charge is -2.22. The quantitative estimate of drug-likeness (QED) is 0.762. The summed E-state index contributed by atoms with van der Waals surface area (Å²) in [6, 6.07) is 17.7. The van der Waals surface area contributed by atoms with Gasteiger partial charge in [-0.2, -0.15) is 0 Å². The Hall–Kier alpha value is -2.57. The molecule has 2 aromatic carbocycles. The summed E-state index contributed by atoms with van der Waals surface area (Å²) in [5.41, 5.74) is 3.01. The molecule has 0 aromatic heterocycles. The molecular formula is C20H27N3O3. The molecule has 0 aliphatic rings. The number of methoxy groups -OCH3 is 1. The number of ether oxygens (including phenoxy) is 1. The van der Waals surface area contributed by atoms with Crippen molar-refractivity contribution in [1.82, 2.24) is 4.90 Å². The van der Waals surface area contributed by atoms with Crippen molar-refractivity contribution in [3.63, 3.8) is 0 Å². The van der Waals surface area contributed by atoms with Gasteiger partial charge in [-0.05, 0) is 29.8 Å². The third-order valence-corrected chi connectivity index (χ3v) is 4.01. The molecule has 2 aromatic rings. The van der Waals surface area contributed by atoms with Gasteiger partial charge in [-0.3, -0.25) is 0 Å². The minimum atomic E-state index is -0.704. The molecule has 0 bridgehead atoms. The van der Waals surface area contributed by atoms with Crippen LogP contribution in [0.1, 0.15) is 5.56 Å². The van der Waals surface area contributed by atoms with Crippen LogP contribution in [0.5, 0.6) is 0 Å². The number of aliphatic hydroxyl groups is 1. The molecule has 2 rings (SSSR count). The Morgan fingerprint density at radius 2 is 1.77 bits per heavy atom. The van der Waals surface area contributed by atoms with Gasteiger partial charge < -0.3 is 25.0 Å². The summed E-state index contributed by atoms with van der Waals surface area (Å²) in [4.78, 5) is 15.7. The average molecular weight is 357 g/mol. The summed E-state index contributed by atoms with van der Waals surface area (Å²) >= 11 is 0. The van der Waals surface area contributed by atoms with Crippen molar-refractivity contribution < 1.29 is 14.6 Å². The fourth-order valence-corrected chi connectivity index (χ4v) is 2.61. The molecular weight excluding hydrogens is 330 g/mol. The molecule has 0 radical (unpaired) electrons. The summed E-state index contributed by atoms with van der Waals surface area (Å²) in [6.07, 6.45) is -0.704. The number of amides is 2. The van der Waals surface area contributed by atoms with Crippen LogP contribution in [0.15, 0.2) is 54.6 Å². The maximum atomic E-state index is 12.2. The monoisotopic (exact) mass is 357 g/mol. The van der Waals surface area contributed by atoms with Gasteiger partial charge in [0, 0.05) is 39.1 Å².